The second-order valence-electron chi connectivity index (χ2n) is 7.43. The molecule has 0 saturated heterocycles. The van der Waals surface area contributed by atoms with Crippen LogP contribution in [0.25, 0.3) is 17.4 Å². The molecular weight excluding hydrogens is 424 g/mol. The Morgan fingerprint density at radius 3 is 2.73 bits per heavy atom. The summed E-state index contributed by atoms with van der Waals surface area (Å²) in [6.45, 7) is 3.61. The Balaban J connectivity index is 1.93. The fourth-order valence-corrected chi connectivity index (χ4v) is 3.37. The zero-order valence-corrected chi connectivity index (χ0v) is 18.5. The van der Waals surface area contributed by atoms with Crippen molar-refractivity contribution < 1.29 is 28.6 Å². The number of hydrogen-bond acceptors (Lipinski definition) is 7. The minimum atomic E-state index is -0.669. The monoisotopic (exact) mass is 448 g/mol. The van der Waals surface area contributed by atoms with Gasteiger partial charge < -0.3 is 14.3 Å². The highest BCUT2D eigenvalue weighted by Crippen LogP contribution is 2.29. The number of carbonyl (C=O) groups is 3. The SMILES string of the molecule is CCCOC(=O)c1cccc(-c2ccc(C=C3C(=O)N(CCCO)C(=O)C(C#N)=C3C)o2)c1. The van der Waals surface area contributed by atoms with E-state index in [0.717, 1.165) is 11.3 Å². The van der Waals surface area contributed by atoms with Gasteiger partial charge in [0.05, 0.1) is 12.2 Å². The number of nitrogens with zero attached hydrogens (tertiary/aromatic N) is 2. The number of aliphatic hydroxyl groups excluding tert-OH is 1. The second kappa shape index (κ2) is 10.6. The average Bonchev–Trinajstić information content (AvgIpc) is 3.29. The Morgan fingerprint density at radius 1 is 1.24 bits per heavy atom. The first-order chi connectivity index (χ1) is 15.9. The number of aliphatic hydroxyl groups is 1. The number of amides is 2. The summed E-state index contributed by atoms with van der Waals surface area (Å²) in [5, 5.41) is 18.5. The number of imide groups is 1. The van der Waals surface area contributed by atoms with E-state index in [-0.39, 0.29) is 36.3 Å². The highest BCUT2D eigenvalue weighted by molar-refractivity contribution is 6.19. The lowest BCUT2D eigenvalue weighted by atomic mass is 9.94. The van der Waals surface area contributed by atoms with E-state index in [4.69, 9.17) is 14.3 Å². The van der Waals surface area contributed by atoms with Crippen LogP contribution in [0.1, 0.15) is 42.8 Å². The predicted octanol–water partition coefficient (Wildman–Crippen LogP) is 3.49. The van der Waals surface area contributed by atoms with Crippen LogP contribution in [-0.4, -0.2) is 47.5 Å². The molecule has 1 aliphatic heterocycles. The molecule has 170 valence electrons. The van der Waals surface area contributed by atoms with Crippen LogP contribution in [0.15, 0.2) is 57.5 Å². The van der Waals surface area contributed by atoms with Crippen molar-refractivity contribution in [3.63, 3.8) is 0 Å². The molecule has 8 heteroatoms. The molecule has 0 atom stereocenters. The van der Waals surface area contributed by atoms with Crippen molar-refractivity contribution in [1.82, 2.24) is 4.90 Å². The zero-order chi connectivity index (χ0) is 24.0. The fraction of sp³-hybridized carbons (Fsp3) is 0.280. The summed E-state index contributed by atoms with van der Waals surface area (Å²) in [7, 11) is 0. The van der Waals surface area contributed by atoms with Gasteiger partial charge in [0, 0.05) is 24.3 Å². The van der Waals surface area contributed by atoms with E-state index >= 15 is 0 Å². The minimum absolute atomic E-state index is 0.00823. The van der Waals surface area contributed by atoms with Crippen molar-refractivity contribution in [3.8, 4) is 17.4 Å². The van der Waals surface area contributed by atoms with Gasteiger partial charge in [0.15, 0.2) is 0 Å². The van der Waals surface area contributed by atoms with E-state index < -0.39 is 17.8 Å². The van der Waals surface area contributed by atoms with Gasteiger partial charge in [-0.1, -0.05) is 19.1 Å². The van der Waals surface area contributed by atoms with Gasteiger partial charge in [-0.15, -0.1) is 0 Å². The zero-order valence-electron chi connectivity index (χ0n) is 18.5. The lowest BCUT2D eigenvalue weighted by molar-refractivity contribution is -0.140. The van der Waals surface area contributed by atoms with Gasteiger partial charge in [-0.05, 0) is 55.7 Å². The summed E-state index contributed by atoms with van der Waals surface area (Å²) in [5.41, 5.74) is 1.37. The van der Waals surface area contributed by atoms with Gasteiger partial charge >= 0.3 is 5.97 Å². The molecule has 0 radical (unpaired) electrons. The van der Waals surface area contributed by atoms with Crippen LogP contribution in [0.5, 0.6) is 0 Å². The smallest absolute Gasteiger partial charge is 0.338 e. The van der Waals surface area contributed by atoms with Gasteiger partial charge in [0.1, 0.15) is 23.2 Å². The van der Waals surface area contributed by atoms with E-state index in [1.807, 2.05) is 13.0 Å². The molecule has 3 rings (SSSR count). The largest absolute Gasteiger partial charge is 0.462 e. The van der Waals surface area contributed by atoms with Crippen molar-refractivity contribution >= 4 is 23.9 Å². The Labute approximate surface area is 191 Å². The van der Waals surface area contributed by atoms with Gasteiger partial charge in [-0.2, -0.15) is 5.26 Å². The van der Waals surface area contributed by atoms with Crippen LogP contribution < -0.4 is 0 Å². The molecule has 0 spiro atoms. The van der Waals surface area contributed by atoms with Crippen LogP contribution in [0.3, 0.4) is 0 Å². The summed E-state index contributed by atoms with van der Waals surface area (Å²) in [6.07, 6.45) is 2.42. The Bertz CT molecular complexity index is 1180. The molecule has 1 N–H and O–H groups in total. The average molecular weight is 448 g/mol. The van der Waals surface area contributed by atoms with E-state index in [0.29, 0.717) is 29.3 Å². The number of nitriles is 1. The van der Waals surface area contributed by atoms with Crippen molar-refractivity contribution in [2.75, 3.05) is 19.8 Å². The molecule has 0 aliphatic carbocycles. The van der Waals surface area contributed by atoms with Crippen molar-refractivity contribution in [3.05, 3.63) is 64.4 Å². The molecule has 8 nitrogen and oxygen atoms in total. The van der Waals surface area contributed by atoms with Crippen LogP contribution in [0.2, 0.25) is 0 Å². The number of benzene rings is 1. The molecule has 0 saturated carbocycles. The lowest BCUT2D eigenvalue weighted by Gasteiger charge is -2.27. The quantitative estimate of drug-likeness (QED) is 0.373. The number of ether oxygens (including phenoxy) is 1. The first-order valence-electron chi connectivity index (χ1n) is 10.6. The third kappa shape index (κ3) is 5.10. The van der Waals surface area contributed by atoms with Crippen molar-refractivity contribution in [2.24, 2.45) is 0 Å². The first-order valence-corrected chi connectivity index (χ1v) is 10.6. The second-order valence-corrected chi connectivity index (χ2v) is 7.43. The fourth-order valence-electron chi connectivity index (χ4n) is 3.37. The van der Waals surface area contributed by atoms with E-state index in [9.17, 15) is 19.6 Å². The summed E-state index contributed by atoms with van der Waals surface area (Å²) in [5.74, 6) is -0.815. The molecule has 2 amide bonds. The summed E-state index contributed by atoms with van der Waals surface area (Å²) in [4.78, 5) is 38.5. The first kappa shape index (κ1) is 23.7. The Morgan fingerprint density at radius 2 is 2.03 bits per heavy atom. The number of hydrogen-bond donors (Lipinski definition) is 1. The van der Waals surface area contributed by atoms with Crippen LogP contribution in [-0.2, 0) is 14.3 Å². The standard InChI is InChI=1S/C25H24N2O6/c1-3-12-32-25(31)18-7-4-6-17(13-18)22-9-8-19(33-22)14-20-16(2)21(15-26)24(30)27(23(20)29)10-5-11-28/h4,6-9,13-14,28H,3,5,10-12H2,1-2H3. The highest BCUT2D eigenvalue weighted by Gasteiger charge is 2.35. The molecule has 0 unspecified atom stereocenters. The van der Waals surface area contributed by atoms with Gasteiger partial charge in [-0.3, -0.25) is 14.5 Å². The molecular formula is C25H24N2O6. The molecule has 0 fully saturated rings. The Kier molecular flexibility index (Phi) is 7.59. The maximum atomic E-state index is 12.9. The van der Waals surface area contributed by atoms with Gasteiger partial charge in [0.25, 0.3) is 11.8 Å². The summed E-state index contributed by atoms with van der Waals surface area (Å²) >= 11 is 0. The van der Waals surface area contributed by atoms with E-state index in [1.165, 1.54) is 6.08 Å². The minimum Gasteiger partial charge on any atom is -0.462 e. The molecule has 33 heavy (non-hydrogen) atoms. The van der Waals surface area contributed by atoms with Crippen LogP contribution >= 0.6 is 0 Å². The molecule has 1 aromatic carbocycles. The summed E-state index contributed by atoms with van der Waals surface area (Å²) < 4.78 is 11.0. The maximum absolute atomic E-state index is 12.9. The molecule has 1 aliphatic rings. The third-order valence-electron chi connectivity index (χ3n) is 5.10. The highest BCUT2D eigenvalue weighted by atomic mass is 16.5. The van der Waals surface area contributed by atoms with Crippen molar-refractivity contribution in [1.29, 1.82) is 5.26 Å². The molecule has 2 heterocycles. The number of esters is 1. The maximum Gasteiger partial charge on any atom is 0.338 e. The number of furan rings is 1. The van der Waals surface area contributed by atoms with Gasteiger partial charge in [0.2, 0.25) is 0 Å². The molecule has 0 bridgehead atoms. The van der Waals surface area contributed by atoms with Crippen LogP contribution in [0.4, 0.5) is 0 Å². The molecule has 2 aromatic rings. The van der Waals surface area contributed by atoms with Crippen LogP contribution in [0, 0.1) is 11.3 Å². The summed E-state index contributed by atoms with van der Waals surface area (Å²) in [6, 6.07) is 12.1. The lowest BCUT2D eigenvalue weighted by Crippen LogP contribution is -2.43. The Hall–Kier alpha value is -3.96. The number of carbonyl (C=O) groups excluding carboxylic acids is 3. The van der Waals surface area contributed by atoms with E-state index in [2.05, 4.69) is 0 Å². The topological polar surface area (TPSA) is 121 Å². The third-order valence-corrected chi connectivity index (χ3v) is 5.10. The molecule has 1 aromatic heterocycles. The normalized spacial score (nSPS) is 15.2. The van der Waals surface area contributed by atoms with Gasteiger partial charge in [-0.25, -0.2) is 4.79 Å². The predicted molar refractivity (Wildman–Crippen MR) is 119 cm³/mol. The van der Waals surface area contributed by atoms with Crippen molar-refractivity contribution in [2.45, 2.75) is 26.7 Å². The number of rotatable bonds is 8. The van der Waals surface area contributed by atoms with E-state index in [1.54, 1.807) is 43.3 Å².